The van der Waals surface area contributed by atoms with Crippen molar-refractivity contribution in [2.45, 2.75) is 61.2 Å². The van der Waals surface area contributed by atoms with Crippen molar-refractivity contribution in [3.05, 3.63) is 0 Å². The van der Waals surface area contributed by atoms with Gasteiger partial charge in [0.05, 0.1) is 12.2 Å². The first-order chi connectivity index (χ1) is 12.4. The van der Waals surface area contributed by atoms with E-state index in [0.717, 1.165) is 6.42 Å². The van der Waals surface area contributed by atoms with Gasteiger partial charge in [0, 0.05) is 5.41 Å². The Balaban J connectivity index is 1.90. The lowest BCUT2D eigenvalue weighted by atomic mass is 9.48. The fraction of sp³-hybridized carbons (Fsp3) is 0.933. The van der Waals surface area contributed by atoms with Gasteiger partial charge in [-0.15, -0.1) is 0 Å². The Labute approximate surface area is 156 Å². The molecule has 0 aromatic rings. The lowest BCUT2D eigenvalue weighted by molar-refractivity contribution is -0.271. The molecule has 4 aliphatic carbocycles. The van der Waals surface area contributed by atoms with Crippen LogP contribution in [0.5, 0.6) is 0 Å². The molecule has 2 N–H and O–H groups in total. The number of halogens is 6. The van der Waals surface area contributed by atoms with Crippen molar-refractivity contribution >= 4 is 16.1 Å². The van der Waals surface area contributed by atoms with Gasteiger partial charge in [-0.1, -0.05) is 0 Å². The Morgan fingerprint density at radius 2 is 1.46 bits per heavy atom. The maximum atomic E-state index is 13.2. The molecule has 13 heteroatoms. The quantitative estimate of drug-likeness (QED) is 0.396. The number of ether oxygens (including phenoxy) is 1. The van der Waals surface area contributed by atoms with Crippen molar-refractivity contribution in [2.24, 2.45) is 17.3 Å². The molecular formula is C15H18F6O6S. The molecule has 4 rings (SSSR count). The van der Waals surface area contributed by atoms with Gasteiger partial charge >= 0.3 is 33.2 Å². The zero-order valence-electron chi connectivity index (χ0n) is 14.3. The van der Waals surface area contributed by atoms with Crippen LogP contribution < -0.4 is 0 Å². The predicted molar refractivity (Wildman–Crippen MR) is 79.4 cm³/mol. The van der Waals surface area contributed by atoms with Gasteiger partial charge in [0.1, 0.15) is 0 Å². The Bertz CT molecular complexity index is 745. The highest BCUT2D eigenvalue weighted by Crippen LogP contribution is 2.62. The Hall–Kier alpha value is -1.08. The monoisotopic (exact) mass is 440 g/mol. The second kappa shape index (κ2) is 5.97. The molecule has 0 aromatic heterocycles. The number of hydrogen-bond donors (Lipinski definition) is 2. The number of esters is 1. The summed E-state index contributed by atoms with van der Waals surface area (Å²) < 4.78 is 108. The van der Waals surface area contributed by atoms with Crippen LogP contribution in [-0.2, 0) is 19.6 Å². The van der Waals surface area contributed by atoms with Gasteiger partial charge in [-0.2, -0.15) is 34.8 Å². The molecule has 2 unspecified atom stereocenters. The third kappa shape index (κ3) is 3.09. The third-order valence-electron chi connectivity index (χ3n) is 6.13. The lowest BCUT2D eigenvalue weighted by Crippen LogP contribution is -2.67. The highest BCUT2D eigenvalue weighted by Gasteiger charge is 2.85. The summed E-state index contributed by atoms with van der Waals surface area (Å²) in [7, 11) is -7.01. The number of hydrogen-bond acceptors (Lipinski definition) is 5. The van der Waals surface area contributed by atoms with Crippen LogP contribution in [0.4, 0.5) is 26.3 Å². The van der Waals surface area contributed by atoms with E-state index >= 15 is 0 Å². The number of rotatable bonds is 4. The van der Waals surface area contributed by atoms with Crippen molar-refractivity contribution in [1.29, 1.82) is 0 Å². The van der Waals surface area contributed by atoms with E-state index < -0.39 is 50.8 Å². The minimum atomic E-state index is -7.01. The van der Waals surface area contributed by atoms with Gasteiger partial charge in [-0.25, -0.2) is 4.79 Å². The standard InChI is InChI=1S/C15H18F6O6S/c16-14(17,18)13(15(19,20)21,28(24,25)26)10(22)27-7-11-2-8-1-9(3-11)5-12(23,4-8)6-11/h8-9,23H,1-7H2,(H,24,25,26). The normalized spacial score (nSPS) is 35.9. The summed E-state index contributed by atoms with van der Waals surface area (Å²) in [6, 6.07) is 0. The van der Waals surface area contributed by atoms with Gasteiger partial charge < -0.3 is 9.84 Å². The van der Waals surface area contributed by atoms with E-state index in [-0.39, 0.29) is 18.3 Å². The van der Waals surface area contributed by atoms with Crippen LogP contribution >= 0.6 is 0 Å². The largest absolute Gasteiger partial charge is 0.463 e. The molecule has 162 valence electrons. The average molecular weight is 440 g/mol. The Morgan fingerprint density at radius 3 is 1.82 bits per heavy atom. The SMILES string of the molecule is O=C(OCC12CC3CC(CC(O)(C3)C1)C2)C(C(F)(F)F)(C(F)(F)F)S(=O)(=O)O. The summed E-state index contributed by atoms with van der Waals surface area (Å²) in [6.45, 7) is -0.898. The molecule has 4 saturated carbocycles. The molecule has 4 aliphatic rings. The summed E-state index contributed by atoms with van der Waals surface area (Å²) in [5.74, 6) is -3.14. The molecule has 0 radical (unpaired) electrons. The van der Waals surface area contributed by atoms with Gasteiger partial charge in [-0.05, 0) is 50.4 Å². The van der Waals surface area contributed by atoms with Gasteiger partial charge in [0.25, 0.3) is 0 Å². The van der Waals surface area contributed by atoms with Crippen LogP contribution in [0.1, 0.15) is 38.5 Å². The van der Waals surface area contributed by atoms with Crippen LogP contribution in [0.2, 0.25) is 0 Å². The maximum absolute atomic E-state index is 13.2. The van der Waals surface area contributed by atoms with Gasteiger partial charge in [0.15, 0.2) is 0 Å². The van der Waals surface area contributed by atoms with Crippen LogP contribution in [0.15, 0.2) is 0 Å². The van der Waals surface area contributed by atoms with Crippen molar-refractivity contribution in [2.75, 3.05) is 6.61 Å². The number of aliphatic hydroxyl groups is 1. The molecule has 6 nitrogen and oxygen atoms in total. The van der Waals surface area contributed by atoms with E-state index in [1.807, 2.05) is 0 Å². The number of carbonyl (C=O) groups excluding carboxylic acids is 1. The molecule has 4 bridgehead atoms. The second-order valence-corrected chi connectivity index (χ2v) is 9.98. The minimum Gasteiger partial charge on any atom is -0.463 e. The molecule has 0 heterocycles. The first-order valence-corrected chi connectivity index (χ1v) is 9.89. The summed E-state index contributed by atoms with van der Waals surface area (Å²) in [6.07, 6.45) is -11.0. The third-order valence-corrected chi connectivity index (χ3v) is 7.54. The van der Waals surface area contributed by atoms with Gasteiger partial charge in [-0.3, -0.25) is 4.55 Å². The molecule has 28 heavy (non-hydrogen) atoms. The summed E-state index contributed by atoms with van der Waals surface area (Å²) in [5, 5.41) is 10.5. The van der Waals surface area contributed by atoms with E-state index in [1.54, 1.807) is 0 Å². The summed E-state index contributed by atoms with van der Waals surface area (Å²) >= 11 is 0. The number of carbonyl (C=O) groups is 1. The van der Waals surface area contributed by atoms with Crippen molar-refractivity contribution in [1.82, 2.24) is 0 Å². The molecule has 0 saturated heterocycles. The van der Waals surface area contributed by atoms with Crippen LogP contribution in [-0.4, -0.2) is 53.4 Å². The van der Waals surface area contributed by atoms with Crippen molar-refractivity contribution in [3.63, 3.8) is 0 Å². The van der Waals surface area contributed by atoms with E-state index in [9.17, 15) is 44.7 Å². The number of alkyl halides is 6. The fourth-order valence-corrected chi connectivity index (χ4v) is 6.54. The Kier molecular flexibility index (Phi) is 4.61. The Morgan fingerprint density at radius 1 is 1.00 bits per heavy atom. The van der Waals surface area contributed by atoms with Crippen LogP contribution in [0, 0.1) is 17.3 Å². The first kappa shape index (κ1) is 21.6. The highest BCUT2D eigenvalue weighted by atomic mass is 32.2. The zero-order valence-corrected chi connectivity index (χ0v) is 15.1. The molecule has 0 aliphatic heterocycles. The fourth-order valence-electron chi connectivity index (χ4n) is 5.68. The molecule has 0 spiro atoms. The molecule has 4 fully saturated rings. The maximum Gasteiger partial charge on any atom is 0.430 e. The van der Waals surface area contributed by atoms with E-state index in [0.29, 0.717) is 25.7 Å². The summed E-state index contributed by atoms with van der Waals surface area (Å²) in [4.78, 5) is 11.9. The van der Waals surface area contributed by atoms with E-state index in [4.69, 9.17) is 4.55 Å². The molecule has 0 aromatic carbocycles. The average Bonchev–Trinajstić information content (AvgIpc) is 2.37. The first-order valence-electron chi connectivity index (χ1n) is 8.45. The lowest BCUT2D eigenvalue weighted by Gasteiger charge is -2.59. The summed E-state index contributed by atoms with van der Waals surface area (Å²) in [5.41, 5.74) is -2.14. The van der Waals surface area contributed by atoms with Crippen LogP contribution in [0.3, 0.4) is 0 Å². The second-order valence-electron chi connectivity index (χ2n) is 8.41. The molecule has 0 amide bonds. The zero-order chi connectivity index (χ0) is 21.4. The molecule has 2 atom stereocenters. The highest BCUT2D eigenvalue weighted by molar-refractivity contribution is 7.88. The van der Waals surface area contributed by atoms with Crippen molar-refractivity contribution in [3.8, 4) is 0 Å². The van der Waals surface area contributed by atoms with E-state index in [1.165, 1.54) is 0 Å². The minimum absolute atomic E-state index is 0.00140. The topological polar surface area (TPSA) is 101 Å². The molecular weight excluding hydrogens is 422 g/mol. The van der Waals surface area contributed by atoms with E-state index in [2.05, 4.69) is 4.74 Å². The van der Waals surface area contributed by atoms with Gasteiger partial charge in [0.2, 0.25) is 0 Å². The predicted octanol–water partition coefficient (Wildman–Crippen LogP) is 2.61. The smallest absolute Gasteiger partial charge is 0.430 e. The van der Waals surface area contributed by atoms with Crippen LogP contribution in [0.25, 0.3) is 0 Å². The van der Waals surface area contributed by atoms with Crippen molar-refractivity contribution < 1.29 is 54.0 Å².